The third kappa shape index (κ3) is 3.43. The SMILES string of the molecule is CC(=O)Nc1cccc(C(=O)N2CCC(n3c(=O)[nH]c4ccccc43)CC2)c1. The zero-order valence-corrected chi connectivity index (χ0v) is 15.6. The highest BCUT2D eigenvalue weighted by atomic mass is 16.2. The van der Waals surface area contributed by atoms with E-state index in [1.807, 2.05) is 33.7 Å². The first-order chi connectivity index (χ1) is 13.5. The van der Waals surface area contributed by atoms with Crippen LogP contribution in [0.5, 0.6) is 0 Å². The van der Waals surface area contributed by atoms with E-state index in [2.05, 4.69) is 10.3 Å². The van der Waals surface area contributed by atoms with Crippen LogP contribution in [0.15, 0.2) is 53.3 Å². The van der Waals surface area contributed by atoms with Crippen molar-refractivity contribution in [3.05, 3.63) is 64.6 Å². The Labute approximate surface area is 162 Å². The van der Waals surface area contributed by atoms with Crippen LogP contribution in [0.2, 0.25) is 0 Å². The van der Waals surface area contributed by atoms with E-state index in [-0.39, 0.29) is 23.5 Å². The van der Waals surface area contributed by atoms with Crippen LogP contribution in [-0.4, -0.2) is 39.4 Å². The molecule has 4 rings (SSSR count). The Balaban J connectivity index is 1.48. The van der Waals surface area contributed by atoms with Gasteiger partial charge in [0.1, 0.15) is 0 Å². The molecule has 0 bridgehead atoms. The van der Waals surface area contributed by atoms with Gasteiger partial charge in [-0.05, 0) is 43.2 Å². The topological polar surface area (TPSA) is 87.2 Å². The number of hydrogen-bond acceptors (Lipinski definition) is 3. The van der Waals surface area contributed by atoms with E-state index in [1.54, 1.807) is 24.3 Å². The molecule has 7 heteroatoms. The van der Waals surface area contributed by atoms with Crippen LogP contribution < -0.4 is 11.0 Å². The van der Waals surface area contributed by atoms with Crippen molar-refractivity contribution in [2.75, 3.05) is 18.4 Å². The maximum absolute atomic E-state index is 12.8. The monoisotopic (exact) mass is 378 g/mol. The molecule has 2 aromatic carbocycles. The van der Waals surface area contributed by atoms with Gasteiger partial charge in [0.15, 0.2) is 0 Å². The second-order valence-electron chi connectivity index (χ2n) is 7.10. The standard InChI is InChI=1S/C21H22N4O3/c1-14(26)22-16-6-4-5-15(13-16)20(27)24-11-9-17(10-12-24)25-19-8-3-2-7-18(19)23-21(25)28/h2-8,13,17H,9-12H2,1H3,(H,22,26)(H,23,28). The van der Waals surface area contributed by atoms with Crippen molar-refractivity contribution in [3.8, 4) is 0 Å². The Morgan fingerprint density at radius 1 is 1.07 bits per heavy atom. The van der Waals surface area contributed by atoms with E-state index in [0.717, 1.165) is 23.9 Å². The number of carbonyl (C=O) groups excluding carboxylic acids is 2. The van der Waals surface area contributed by atoms with Crippen molar-refractivity contribution in [3.63, 3.8) is 0 Å². The van der Waals surface area contributed by atoms with Gasteiger partial charge in [0.2, 0.25) is 5.91 Å². The highest BCUT2D eigenvalue weighted by molar-refractivity contribution is 5.96. The molecule has 0 radical (unpaired) electrons. The van der Waals surface area contributed by atoms with Crippen molar-refractivity contribution in [2.24, 2.45) is 0 Å². The quantitative estimate of drug-likeness (QED) is 0.735. The number of benzene rings is 2. The molecular formula is C21H22N4O3. The molecule has 2 heterocycles. The number of amides is 2. The molecule has 28 heavy (non-hydrogen) atoms. The Morgan fingerprint density at radius 2 is 1.82 bits per heavy atom. The highest BCUT2D eigenvalue weighted by Gasteiger charge is 2.26. The third-order valence-corrected chi connectivity index (χ3v) is 5.17. The normalized spacial score (nSPS) is 15.0. The Kier molecular flexibility index (Phi) is 4.73. The number of likely N-dealkylation sites (tertiary alicyclic amines) is 1. The van der Waals surface area contributed by atoms with E-state index in [4.69, 9.17) is 0 Å². The molecule has 3 aromatic rings. The number of carbonyl (C=O) groups is 2. The fourth-order valence-corrected chi connectivity index (χ4v) is 3.88. The summed E-state index contributed by atoms with van der Waals surface area (Å²) in [5.41, 5.74) is 2.79. The minimum absolute atomic E-state index is 0.0584. The number of rotatable bonds is 3. The second kappa shape index (κ2) is 7.34. The zero-order chi connectivity index (χ0) is 19.7. The van der Waals surface area contributed by atoms with Gasteiger partial charge >= 0.3 is 5.69 Å². The Morgan fingerprint density at radius 3 is 2.57 bits per heavy atom. The first kappa shape index (κ1) is 18.0. The smallest absolute Gasteiger partial charge is 0.326 e. The molecule has 1 aliphatic heterocycles. The lowest BCUT2D eigenvalue weighted by Crippen LogP contribution is -2.40. The predicted octanol–water partition coefficient (Wildman–Crippen LogP) is 2.77. The molecule has 0 atom stereocenters. The number of anilines is 1. The van der Waals surface area contributed by atoms with Gasteiger partial charge in [0.25, 0.3) is 5.91 Å². The van der Waals surface area contributed by atoms with Crippen molar-refractivity contribution in [2.45, 2.75) is 25.8 Å². The van der Waals surface area contributed by atoms with Gasteiger partial charge in [-0.15, -0.1) is 0 Å². The van der Waals surface area contributed by atoms with Crippen LogP contribution in [0.4, 0.5) is 5.69 Å². The van der Waals surface area contributed by atoms with E-state index in [1.165, 1.54) is 6.92 Å². The lowest BCUT2D eigenvalue weighted by Gasteiger charge is -2.32. The van der Waals surface area contributed by atoms with Crippen LogP contribution in [0.1, 0.15) is 36.2 Å². The van der Waals surface area contributed by atoms with Gasteiger partial charge in [-0.25, -0.2) is 4.79 Å². The highest BCUT2D eigenvalue weighted by Crippen LogP contribution is 2.26. The number of nitrogens with zero attached hydrogens (tertiary/aromatic N) is 2. The molecule has 0 aliphatic carbocycles. The van der Waals surface area contributed by atoms with Crippen molar-refractivity contribution in [1.29, 1.82) is 0 Å². The summed E-state index contributed by atoms with van der Waals surface area (Å²) in [5.74, 6) is -0.230. The summed E-state index contributed by atoms with van der Waals surface area (Å²) < 4.78 is 1.81. The summed E-state index contributed by atoms with van der Waals surface area (Å²) in [6.07, 6.45) is 1.44. The number of para-hydroxylation sites is 2. The largest absolute Gasteiger partial charge is 0.338 e. The van der Waals surface area contributed by atoms with Crippen molar-refractivity contribution < 1.29 is 9.59 Å². The van der Waals surface area contributed by atoms with E-state index in [0.29, 0.717) is 24.3 Å². The summed E-state index contributed by atoms with van der Waals surface area (Å²) in [4.78, 5) is 41.2. The number of nitrogens with one attached hydrogen (secondary N) is 2. The van der Waals surface area contributed by atoms with Crippen molar-refractivity contribution in [1.82, 2.24) is 14.5 Å². The molecule has 7 nitrogen and oxygen atoms in total. The number of imidazole rings is 1. The molecule has 0 unspecified atom stereocenters. The van der Waals surface area contributed by atoms with Crippen molar-refractivity contribution >= 4 is 28.5 Å². The summed E-state index contributed by atoms with van der Waals surface area (Å²) >= 11 is 0. The number of hydrogen-bond donors (Lipinski definition) is 2. The Hall–Kier alpha value is -3.35. The molecule has 2 N–H and O–H groups in total. The van der Waals surface area contributed by atoms with E-state index in [9.17, 15) is 14.4 Å². The van der Waals surface area contributed by atoms with Crippen LogP contribution in [0.25, 0.3) is 11.0 Å². The lowest BCUT2D eigenvalue weighted by molar-refractivity contribution is -0.114. The maximum Gasteiger partial charge on any atom is 0.326 e. The van der Waals surface area contributed by atoms with Gasteiger partial charge in [-0.3, -0.25) is 14.2 Å². The van der Waals surface area contributed by atoms with Crippen LogP contribution in [0.3, 0.4) is 0 Å². The van der Waals surface area contributed by atoms with Gasteiger partial charge in [-0.2, -0.15) is 0 Å². The van der Waals surface area contributed by atoms with Crippen LogP contribution >= 0.6 is 0 Å². The molecule has 1 fully saturated rings. The van der Waals surface area contributed by atoms with Gasteiger partial charge < -0.3 is 15.2 Å². The van der Waals surface area contributed by atoms with Crippen LogP contribution in [0, 0.1) is 0 Å². The first-order valence-electron chi connectivity index (χ1n) is 9.39. The number of piperidine rings is 1. The number of aromatic amines is 1. The van der Waals surface area contributed by atoms with E-state index < -0.39 is 0 Å². The van der Waals surface area contributed by atoms with Crippen LogP contribution in [-0.2, 0) is 4.79 Å². The average molecular weight is 378 g/mol. The predicted molar refractivity (Wildman–Crippen MR) is 107 cm³/mol. The van der Waals surface area contributed by atoms with Gasteiger partial charge in [0, 0.05) is 37.3 Å². The molecule has 1 aliphatic rings. The molecule has 2 amide bonds. The fourth-order valence-electron chi connectivity index (χ4n) is 3.88. The van der Waals surface area contributed by atoms with E-state index >= 15 is 0 Å². The molecule has 1 aromatic heterocycles. The summed E-state index contributed by atoms with van der Waals surface area (Å²) in [5, 5.41) is 2.70. The third-order valence-electron chi connectivity index (χ3n) is 5.17. The molecule has 1 saturated heterocycles. The fraction of sp³-hybridized carbons (Fsp3) is 0.286. The number of fused-ring (bicyclic) bond motifs is 1. The molecule has 144 valence electrons. The van der Waals surface area contributed by atoms with Gasteiger partial charge in [0.05, 0.1) is 11.0 Å². The minimum Gasteiger partial charge on any atom is -0.338 e. The maximum atomic E-state index is 12.8. The average Bonchev–Trinajstić information content (AvgIpc) is 3.03. The summed E-state index contributed by atoms with van der Waals surface area (Å²) in [6, 6.07) is 14.7. The Bertz CT molecular complexity index is 1090. The lowest BCUT2D eigenvalue weighted by atomic mass is 10.0. The second-order valence-corrected chi connectivity index (χ2v) is 7.10. The molecular weight excluding hydrogens is 356 g/mol. The summed E-state index contributed by atoms with van der Waals surface area (Å²) in [6.45, 7) is 2.60. The summed E-state index contributed by atoms with van der Waals surface area (Å²) in [7, 11) is 0. The number of H-pyrrole nitrogens is 1. The first-order valence-corrected chi connectivity index (χ1v) is 9.39. The minimum atomic E-state index is -0.172. The zero-order valence-electron chi connectivity index (χ0n) is 15.6. The number of aromatic nitrogens is 2. The molecule has 0 spiro atoms. The molecule has 0 saturated carbocycles. The van der Waals surface area contributed by atoms with Gasteiger partial charge in [-0.1, -0.05) is 18.2 Å².